The third-order valence-electron chi connectivity index (χ3n) is 3.07. The van der Waals surface area contributed by atoms with Crippen LogP contribution in [0.25, 0.3) is 11.0 Å². The molecule has 20 heavy (non-hydrogen) atoms. The molecule has 1 heterocycles. The van der Waals surface area contributed by atoms with Crippen LogP contribution in [0.1, 0.15) is 5.56 Å². The first-order chi connectivity index (χ1) is 9.31. The Labute approximate surface area is 114 Å². The van der Waals surface area contributed by atoms with Crippen LogP contribution in [0.4, 0.5) is 5.69 Å². The van der Waals surface area contributed by atoms with Gasteiger partial charge in [-0.2, -0.15) is 0 Å². The summed E-state index contributed by atoms with van der Waals surface area (Å²) in [5.74, 6) is -1.18. The Kier molecular flexibility index (Phi) is 3.35. The van der Waals surface area contributed by atoms with Crippen molar-refractivity contribution in [1.82, 2.24) is 9.55 Å². The summed E-state index contributed by atoms with van der Waals surface area (Å²) >= 11 is 0. The molecule has 0 saturated carbocycles. The zero-order valence-corrected chi connectivity index (χ0v) is 11.4. The van der Waals surface area contributed by atoms with Crippen molar-refractivity contribution in [2.45, 2.75) is 13.5 Å². The summed E-state index contributed by atoms with van der Waals surface area (Å²) in [5.41, 5.74) is 0.913. The van der Waals surface area contributed by atoms with Crippen molar-refractivity contribution in [3.8, 4) is 0 Å². The lowest BCUT2D eigenvalue weighted by atomic mass is 10.1. The van der Waals surface area contributed by atoms with Gasteiger partial charge < -0.3 is 15.0 Å². The molecule has 0 amide bonds. The second kappa shape index (κ2) is 4.84. The van der Waals surface area contributed by atoms with Crippen molar-refractivity contribution in [2.24, 2.45) is 0 Å². The second-order valence-corrected chi connectivity index (χ2v) is 4.79. The number of carboxylic acid groups (broad SMARTS) is 1. The number of hydrogen-bond donors (Lipinski definition) is 2. The Balaban J connectivity index is 2.90. The van der Waals surface area contributed by atoms with Gasteiger partial charge in [0.15, 0.2) is 0 Å². The molecule has 0 unspecified atom stereocenters. The number of anilines is 1. The maximum Gasteiger partial charge on any atom is 0.323 e. The highest BCUT2D eigenvalue weighted by atomic mass is 16.4. The van der Waals surface area contributed by atoms with E-state index in [9.17, 15) is 14.4 Å². The van der Waals surface area contributed by atoms with E-state index >= 15 is 0 Å². The van der Waals surface area contributed by atoms with Gasteiger partial charge in [-0.05, 0) is 24.6 Å². The number of aryl methyl sites for hydroxylation is 1. The van der Waals surface area contributed by atoms with E-state index in [1.807, 2.05) is 25.9 Å². The minimum Gasteiger partial charge on any atom is -0.480 e. The van der Waals surface area contributed by atoms with Gasteiger partial charge in [0, 0.05) is 19.8 Å². The molecule has 2 rings (SSSR count). The van der Waals surface area contributed by atoms with Gasteiger partial charge in [-0.1, -0.05) is 0 Å². The number of aliphatic carboxylic acids is 1. The van der Waals surface area contributed by atoms with Crippen molar-refractivity contribution in [2.75, 3.05) is 19.0 Å². The van der Waals surface area contributed by atoms with E-state index in [2.05, 4.69) is 4.98 Å². The van der Waals surface area contributed by atoms with Crippen molar-refractivity contribution < 1.29 is 9.90 Å². The average Bonchev–Trinajstić information content (AvgIpc) is 2.33. The van der Waals surface area contributed by atoms with Crippen LogP contribution in [-0.4, -0.2) is 34.7 Å². The number of rotatable bonds is 3. The molecule has 1 aromatic heterocycles. The number of hydrogen-bond acceptors (Lipinski definition) is 4. The zero-order chi connectivity index (χ0) is 15.0. The third-order valence-corrected chi connectivity index (χ3v) is 3.07. The number of fused-ring (bicyclic) bond motifs is 1. The number of nitrogens with one attached hydrogen (secondary N) is 1. The van der Waals surface area contributed by atoms with E-state index in [0.29, 0.717) is 11.0 Å². The van der Waals surface area contributed by atoms with Gasteiger partial charge in [0.05, 0.1) is 11.0 Å². The number of aromatic nitrogens is 2. The van der Waals surface area contributed by atoms with Crippen LogP contribution in [-0.2, 0) is 11.3 Å². The molecule has 0 saturated heterocycles. The number of carboxylic acids is 1. The van der Waals surface area contributed by atoms with Crippen LogP contribution in [0.15, 0.2) is 21.7 Å². The van der Waals surface area contributed by atoms with Crippen molar-refractivity contribution in [3.63, 3.8) is 0 Å². The van der Waals surface area contributed by atoms with E-state index in [4.69, 9.17) is 5.11 Å². The zero-order valence-electron chi connectivity index (χ0n) is 11.4. The Morgan fingerprint density at radius 2 is 2.00 bits per heavy atom. The van der Waals surface area contributed by atoms with Crippen LogP contribution in [0.5, 0.6) is 0 Å². The standard InChI is InChI=1S/C13H15N3O4/c1-7-4-8-10(5-9(7)15(2)3)16(6-11(17)18)13(20)12(19)14-8/h4-5H,6H2,1-3H3,(H,14,19)(H,17,18). The van der Waals surface area contributed by atoms with Crippen LogP contribution < -0.4 is 16.0 Å². The Morgan fingerprint density at radius 3 is 2.55 bits per heavy atom. The van der Waals surface area contributed by atoms with E-state index in [1.54, 1.807) is 12.1 Å². The van der Waals surface area contributed by atoms with E-state index in [1.165, 1.54) is 0 Å². The van der Waals surface area contributed by atoms with Crippen molar-refractivity contribution in [3.05, 3.63) is 38.4 Å². The van der Waals surface area contributed by atoms with Crippen molar-refractivity contribution in [1.29, 1.82) is 0 Å². The molecule has 0 fully saturated rings. The smallest absolute Gasteiger partial charge is 0.323 e. The van der Waals surface area contributed by atoms with E-state index in [0.717, 1.165) is 15.8 Å². The first kappa shape index (κ1) is 13.9. The Bertz CT molecular complexity index is 802. The predicted octanol–water partition coefficient (Wildman–Crippen LogP) is 0.149. The summed E-state index contributed by atoms with van der Waals surface area (Å²) < 4.78 is 0.975. The summed E-state index contributed by atoms with van der Waals surface area (Å²) in [4.78, 5) is 38.6. The highest BCUT2D eigenvalue weighted by molar-refractivity contribution is 5.82. The number of carbonyl (C=O) groups is 1. The summed E-state index contributed by atoms with van der Waals surface area (Å²) in [6, 6.07) is 3.43. The normalized spacial score (nSPS) is 10.8. The van der Waals surface area contributed by atoms with Crippen LogP contribution in [0, 0.1) is 6.92 Å². The van der Waals surface area contributed by atoms with Crippen molar-refractivity contribution >= 4 is 22.7 Å². The lowest BCUT2D eigenvalue weighted by Gasteiger charge is -2.17. The SMILES string of the molecule is Cc1cc2[nH]c(=O)c(=O)n(CC(=O)O)c2cc1N(C)C. The summed E-state index contributed by atoms with van der Waals surface area (Å²) in [5, 5.41) is 8.89. The first-order valence-corrected chi connectivity index (χ1v) is 5.98. The number of H-pyrrole nitrogens is 1. The molecule has 7 heteroatoms. The summed E-state index contributed by atoms with van der Waals surface area (Å²) in [7, 11) is 3.69. The van der Waals surface area contributed by atoms with Crippen LogP contribution in [0.2, 0.25) is 0 Å². The fraction of sp³-hybridized carbons (Fsp3) is 0.308. The van der Waals surface area contributed by atoms with Crippen LogP contribution >= 0.6 is 0 Å². The fourth-order valence-electron chi connectivity index (χ4n) is 2.19. The lowest BCUT2D eigenvalue weighted by Crippen LogP contribution is -2.38. The van der Waals surface area contributed by atoms with Gasteiger partial charge >= 0.3 is 17.1 Å². The molecule has 0 atom stereocenters. The highest BCUT2D eigenvalue weighted by Gasteiger charge is 2.13. The lowest BCUT2D eigenvalue weighted by molar-refractivity contribution is -0.137. The molecular weight excluding hydrogens is 262 g/mol. The molecule has 0 aliphatic heterocycles. The maximum atomic E-state index is 11.8. The molecule has 106 valence electrons. The second-order valence-electron chi connectivity index (χ2n) is 4.79. The Morgan fingerprint density at radius 1 is 1.35 bits per heavy atom. The molecular formula is C13H15N3O4. The molecule has 0 aliphatic carbocycles. The van der Waals surface area contributed by atoms with Gasteiger partial charge in [0.2, 0.25) is 0 Å². The minimum atomic E-state index is -1.18. The third kappa shape index (κ3) is 2.29. The summed E-state index contributed by atoms with van der Waals surface area (Å²) in [6.07, 6.45) is 0. The minimum absolute atomic E-state index is 0.395. The average molecular weight is 277 g/mol. The largest absolute Gasteiger partial charge is 0.480 e. The molecule has 0 radical (unpaired) electrons. The van der Waals surface area contributed by atoms with Crippen LogP contribution in [0.3, 0.4) is 0 Å². The Hall–Kier alpha value is -2.57. The molecule has 0 bridgehead atoms. The number of nitrogens with zero attached hydrogens (tertiary/aromatic N) is 2. The van der Waals surface area contributed by atoms with Gasteiger partial charge in [-0.3, -0.25) is 19.0 Å². The predicted molar refractivity (Wildman–Crippen MR) is 75.5 cm³/mol. The highest BCUT2D eigenvalue weighted by Crippen LogP contribution is 2.23. The summed E-state index contributed by atoms with van der Waals surface area (Å²) in [6.45, 7) is 1.33. The topological polar surface area (TPSA) is 95.4 Å². The maximum absolute atomic E-state index is 11.8. The van der Waals surface area contributed by atoms with Gasteiger partial charge in [0.25, 0.3) is 0 Å². The van der Waals surface area contributed by atoms with E-state index < -0.39 is 23.6 Å². The molecule has 7 nitrogen and oxygen atoms in total. The quantitative estimate of drug-likeness (QED) is 0.779. The molecule has 2 aromatic rings. The van der Waals surface area contributed by atoms with Gasteiger partial charge in [-0.25, -0.2) is 0 Å². The first-order valence-electron chi connectivity index (χ1n) is 5.98. The fourth-order valence-corrected chi connectivity index (χ4v) is 2.19. The molecule has 0 spiro atoms. The molecule has 0 aliphatic rings. The molecule has 1 aromatic carbocycles. The molecule has 2 N–H and O–H groups in total. The van der Waals surface area contributed by atoms with Gasteiger partial charge in [-0.15, -0.1) is 0 Å². The van der Waals surface area contributed by atoms with Gasteiger partial charge in [0.1, 0.15) is 6.54 Å². The van der Waals surface area contributed by atoms with E-state index in [-0.39, 0.29) is 0 Å². The number of aromatic amines is 1. The number of benzene rings is 1. The monoisotopic (exact) mass is 277 g/mol.